The van der Waals surface area contributed by atoms with Crippen molar-refractivity contribution >= 4 is 21.6 Å². The fourth-order valence-electron chi connectivity index (χ4n) is 2.02. The van der Waals surface area contributed by atoms with Gasteiger partial charge in [0.15, 0.2) is 0 Å². The van der Waals surface area contributed by atoms with Crippen molar-refractivity contribution in [3.63, 3.8) is 0 Å². The van der Waals surface area contributed by atoms with Crippen LogP contribution in [0.4, 0.5) is 0 Å². The summed E-state index contributed by atoms with van der Waals surface area (Å²) in [6, 6.07) is 15.1. The van der Waals surface area contributed by atoms with Crippen LogP contribution in [-0.4, -0.2) is 8.42 Å². The molecule has 2 atom stereocenters. The van der Waals surface area contributed by atoms with Crippen molar-refractivity contribution < 1.29 is 8.42 Å². The minimum Gasteiger partial charge on any atom is -0.248 e. The van der Waals surface area contributed by atoms with Gasteiger partial charge in [0, 0.05) is 9.79 Å². The Kier molecular flexibility index (Phi) is 6.08. The fourth-order valence-corrected chi connectivity index (χ4v) is 5.17. The largest absolute Gasteiger partial charge is 0.248 e. The highest BCUT2D eigenvalue weighted by Gasteiger charge is 2.19. The van der Waals surface area contributed by atoms with Crippen molar-refractivity contribution in [1.29, 1.82) is 0 Å². The van der Waals surface area contributed by atoms with E-state index in [9.17, 15) is 8.42 Å². The summed E-state index contributed by atoms with van der Waals surface area (Å²) in [5, 5.41) is 0. The Hall–Kier alpha value is -1.52. The molecule has 2 aromatic rings. The fraction of sp³-hybridized carbons (Fsp3) is 0.263. The van der Waals surface area contributed by atoms with Crippen LogP contribution in [0.15, 0.2) is 68.6 Å². The van der Waals surface area contributed by atoms with Crippen LogP contribution in [0.3, 0.4) is 0 Å². The lowest BCUT2D eigenvalue weighted by Crippen LogP contribution is -2.05. The molecule has 0 spiro atoms. The van der Waals surface area contributed by atoms with Gasteiger partial charge >= 0.3 is 0 Å². The lowest BCUT2D eigenvalue weighted by Gasteiger charge is -2.10. The maximum Gasteiger partial charge on any atom is 0.109 e. The molecule has 0 aliphatic heterocycles. The molecule has 122 valence electrons. The maximum absolute atomic E-state index is 12.9. The van der Waals surface area contributed by atoms with Crippen molar-refractivity contribution in [1.82, 2.24) is 0 Å². The number of hydrogen-bond acceptors (Lipinski definition) is 2. The third-order valence-corrected chi connectivity index (χ3v) is 6.62. The van der Waals surface area contributed by atoms with E-state index in [0.717, 1.165) is 11.1 Å². The van der Waals surface area contributed by atoms with Crippen LogP contribution in [0.5, 0.6) is 0 Å². The zero-order chi connectivity index (χ0) is 17.0. The molecule has 0 fully saturated rings. The van der Waals surface area contributed by atoms with Gasteiger partial charge in [0.2, 0.25) is 0 Å². The summed E-state index contributed by atoms with van der Waals surface area (Å²) < 4.78 is 26.3. The van der Waals surface area contributed by atoms with Crippen LogP contribution >= 0.6 is 0 Å². The Balaban J connectivity index is 2.41. The molecule has 0 N–H and O–H groups in total. The number of allylic oxidation sites excluding steroid dienone is 1. The number of rotatable bonds is 5. The number of aryl methyl sites for hydroxylation is 2. The maximum atomic E-state index is 12.9. The summed E-state index contributed by atoms with van der Waals surface area (Å²) >= 11 is 0. The molecule has 4 heteroatoms. The quantitative estimate of drug-likeness (QED) is 0.785. The Labute approximate surface area is 143 Å². The molecule has 0 heterocycles. The number of hydrogen-bond donors (Lipinski definition) is 0. The summed E-state index contributed by atoms with van der Waals surface area (Å²) in [6.07, 6.45) is 1.85. The minimum atomic E-state index is -1.43. The Morgan fingerprint density at radius 3 is 1.43 bits per heavy atom. The summed E-state index contributed by atoms with van der Waals surface area (Å²) in [5.74, 6) is 0.175. The summed E-state index contributed by atoms with van der Waals surface area (Å²) in [4.78, 5) is 1.37. The highest BCUT2D eigenvalue weighted by molar-refractivity contribution is 8.08. The molecule has 0 aliphatic rings. The second kappa shape index (κ2) is 7.84. The first-order chi connectivity index (χ1) is 10.9. The monoisotopic (exact) mass is 346 g/mol. The van der Waals surface area contributed by atoms with E-state index in [-0.39, 0.29) is 5.92 Å². The van der Waals surface area contributed by atoms with Gasteiger partial charge in [0.25, 0.3) is 0 Å². The van der Waals surface area contributed by atoms with E-state index in [2.05, 4.69) is 0 Å². The SMILES string of the molecule is Cc1ccc(S(=O)C(=CC(C)C)S(=O)c2ccc(C)cc2)cc1. The predicted octanol–water partition coefficient (Wildman–Crippen LogP) is 4.72. The molecule has 2 aromatic carbocycles. The highest BCUT2D eigenvalue weighted by Crippen LogP contribution is 2.24. The second-order valence-corrected chi connectivity index (χ2v) is 9.05. The molecule has 0 bridgehead atoms. The molecule has 2 rings (SSSR count). The van der Waals surface area contributed by atoms with Crippen LogP contribution in [-0.2, 0) is 21.6 Å². The zero-order valence-electron chi connectivity index (χ0n) is 13.9. The summed E-state index contributed by atoms with van der Waals surface area (Å²) in [6.45, 7) is 7.97. The molecule has 0 saturated carbocycles. The van der Waals surface area contributed by atoms with Crippen molar-refractivity contribution in [3.05, 3.63) is 70.0 Å². The van der Waals surface area contributed by atoms with Crippen molar-refractivity contribution in [2.24, 2.45) is 5.92 Å². The van der Waals surface area contributed by atoms with E-state index in [1.807, 2.05) is 82.3 Å². The van der Waals surface area contributed by atoms with E-state index in [1.165, 1.54) is 0 Å². The van der Waals surface area contributed by atoms with Gasteiger partial charge in [-0.2, -0.15) is 0 Å². The Morgan fingerprint density at radius 2 is 1.13 bits per heavy atom. The molecule has 2 nitrogen and oxygen atoms in total. The van der Waals surface area contributed by atoms with Gasteiger partial charge < -0.3 is 0 Å². The van der Waals surface area contributed by atoms with Crippen LogP contribution in [0.25, 0.3) is 0 Å². The van der Waals surface area contributed by atoms with E-state index in [1.54, 1.807) is 0 Å². The van der Waals surface area contributed by atoms with Gasteiger partial charge in [-0.05, 0) is 44.0 Å². The molecule has 0 saturated heterocycles. The first kappa shape index (κ1) is 17.8. The van der Waals surface area contributed by atoms with E-state index < -0.39 is 21.6 Å². The van der Waals surface area contributed by atoms with Gasteiger partial charge in [-0.25, -0.2) is 8.42 Å². The molecule has 0 radical (unpaired) electrons. The van der Waals surface area contributed by atoms with Crippen molar-refractivity contribution in [3.8, 4) is 0 Å². The van der Waals surface area contributed by atoms with Gasteiger partial charge in [-0.1, -0.05) is 55.3 Å². The molecule has 2 unspecified atom stereocenters. The molecule has 0 amide bonds. The van der Waals surface area contributed by atoms with Crippen LogP contribution in [0.2, 0.25) is 0 Å². The summed E-state index contributed by atoms with van der Waals surface area (Å²) in [7, 11) is -2.85. The van der Waals surface area contributed by atoms with Crippen LogP contribution in [0.1, 0.15) is 25.0 Å². The third-order valence-electron chi connectivity index (χ3n) is 3.30. The van der Waals surface area contributed by atoms with Gasteiger partial charge in [0.05, 0.1) is 21.6 Å². The molecular formula is C19H22O2S2. The molecule has 0 aliphatic carbocycles. The average molecular weight is 347 g/mol. The van der Waals surface area contributed by atoms with Crippen molar-refractivity contribution in [2.75, 3.05) is 0 Å². The summed E-state index contributed by atoms with van der Waals surface area (Å²) in [5.41, 5.74) is 2.22. The van der Waals surface area contributed by atoms with Gasteiger partial charge in [0.1, 0.15) is 4.24 Å². The zero-order valence-corrected chi connectivity index (χ0v) is 15.5. The second-order valence-electron chi connectivity index (χ2n) is 5.89. The standard InChI is InChI=1S/C19H22O2S2/c1-14(2)13-19(22(20)17-9-5-15(3)6-10-17)23(21)18-11-7-16(4)8-12-18/h5-14H,1-4H3. The first-order valence-corrected chi connectivity index (χ1v) is 9.87. The van der Waals surface area contributed by atoms with Crippen LogP contribution in [0, 0.1) is 19.8 Å². The topological polar surface area (TPSA) is 34.1 Å². The normalized spacial score (nSPS) is 13.6. The van der Waals surface area contributed by atoms with Gasteiger partial charge in [-0.3, -0.25) is 0 Å². The average Bonchev–Trinajstić information content (AvgIpc) is 2.52. The lowest BCUT2D eigenvalue weighted by molar-refractivity contribution is 0.682. The Bertz CT molecular complexity index is 682. The first-order valence-electron chi connectivity index (χ1n) is 7.57. The van der Waals surface area contributed by atoms with E-state index in [4.69, 9.17) is 0 Å². The molecule has 0 aromatic heterocycles. The molecular weight excluding hydrogens is 324 g/mol. The van der Waals surface area contributed by atoms with E-state index in [0.29, 0.717) is 14.0 Å². The lowest BCUT2D eigenvalue weighted by atomic mass is 10.2. The number of benzene rings is 2. The minimum absolute atomic E-state index is 0.175. The highest BCUT2D eigenvalue weighted by atomic mass is 32.2. The van der Waals surface area contributed by atoms with Crippen molar-refractivity contribution in [2.45, 2.75) is 37.5 Å². The third kappa shape index (κ3) is 4.72. The van der Waals surface area contributed by atoms with Gasteiger partial charge in [-0.15, -0.1) is 0 Å². The predicted molar refractivity (Wildman–Crippen MR) is 98.1 cm³/mol. The Morgan fingerprint density at radius 1 is 0.783 bits per heavy atom. The van der Waals surface area contributed by atoms with E-state index >= 15 is 0 Å². The molecule has 23 heavy (non-hydrogen) atoms. The van der Waals surface area contributed by atoms with Crippen LogP contribution < -0.4 is 0 Å². The smallest absolute Gasteiger partial charge is 0.109 e.